The average molecular weight is 534 g/mol. The largest absolute Gasteiger partial charge is 0.463 e. The van der Waals surface area contributed by atoms with Crippen molar-refractivity contribution in [2.45, 2.75) is 26.2 Å². The number of benzene rings is 3. The van der Waals surface area contributed by atoms with E-state index in [1.165, 1.54) is 16.8 Å². The van der Waals surface area contributed by atoms with Gasteiger partial charge in [0.2, 0.25) is 0 Å². The Balaban J connectivity index is 1.62. The Morgan fingerprint density at radius 3 is 2.00 bits per heavy atom. The number of nitrogens with one attached hydrogen (secondary N) is 1. The number of nitrogens with zero attached hydrogens (tertiary/aromatic N) is 3. The topological polar surface area (TPSA) is 69.0 Å². The summed E-state index contributed by atoms with van der Waals surface area (Å²) in [5.41, 5.74) is -1.46. The van der Waals surface area contributed by atoms with Crippen LogP contribution in [0.1, 0.15) is 34.0 Å². The molecular formula is C26H20F6N4O2. The van der Waals surface area contributed by atoms with Crippen molar-refractivity contribution in [3.8, 4) is 23.1 Å². The number of ether oxygens (including phenoxy) is 1. The fourth-order valence-corrected chi connectivity index (χ4v) is 3.53. The van der Waals surface area contributed by atoms with E-state index in [0.29, 0.717) is 30.3 Å². The molecule has 1 aromatic heterocycles. The Hall–Kier alpha value is -4.35. The monoisotopic (exact) mass is 534 g/mol. The summed E-state index contributed by atoms with van der Waals surface area (Å²) in [7, 11) is 0. The molecule has 0 fully saturated rings. The molecule has 4 aromatic rings. The summed E-state index contributed by atoms with van der Waals surface area (Å²) in [5, 5.41) is 6.68. The van der Waals surface area contributed by atoms with E-state index in [2.05, 4.69) is 15.4 Å². The van der Waals surface area contributed by atoms with Crippen molar-refractivity contribution < 1.29 is 35.9 Å². The van der Waals surface area contributed by atoms with Crippen LogP contribution in [0.25, 0.3) is 17.1 Å². The van der Waals surface area contributed by atoms with Gasteiger partial charge in [-0.05, 0) is 56.3 Å². The number of rotatable bonds is 6. The predicted octanol–water partition coefficient (Wildman–Crippen LogP) is 6.93. The lowest BCUT2D eigenvalue weighted by Gasteiger charge is -2.14. The van der Waals surface area contributed by atoms with Crippen LogP contribution in [0.2, 0.25) is 0 Å². The van der Waals surface area contributed by atoms with Gasteiger partial charge in [-0.2, -0.15) is 31.3 Å². The minimum atomic E-state index is -5.06. The summed E-state index contributed by atoms with van der Waals surface area (Å²) in [6.45, 7) is 4.07. The van der Waals surface area contributed by atoms with Crippen LogP contribution in [0.5, 0.6) is 6.01 Å². The summed E-state index contributed by atoms with van der Waals surface area (Å²) < 4.78 is 85.8. The first kappa shape index (κ1) is 26.7. The number of carbonyl (C=O) groups is 1. The maximum atomic E-state index is 13.1. The second-order valence-corrected chi connectivity index (χ2v) is 8.22. The highest BCUT2D eigenvalue weighted by atomic mass is 19.4. The minimum absolute atomic E-state index is 0.0359. The molecule has 0 atom stereocenters. The Labute approximate surface area is 212 Å². The molecule has 38 heavy (non-hydrogen) atoms. The van der Waals surface area contributed by atoms with Crippen LogP contribution in [0.15, 0.2) is 66.7 Å². The van der Waals surface area contributed by atoms with Crippen molar-refractivity contribution in [3.63, 3.8) is 0 Å². The second kappa shape index (κ2) is 10.2. The Morgan fingerprint density at radius 1 is 0.895 bits per heavy atom. The van der Waals surface area contributed by atoms with Crippen molar-refractivity contribution >= 4 is 11.6 Å². The molecule has 1 amide bonds. The maximum absolute atomic E-state index is 13.1. The van der Waals surface area contributed by atoms with Crippen molar-refractivity contribution in [2.75, 3.05) is 11.9 Å². The molecule has 198 valence electrons. The number of aryl methyl sites for hydroxylation is 1. The van der Waals surface area contributed by atoms with Crippen LogP contribution in [0, 0.1) is 6.92 Å². The third kappa shape index (κ3) is 5.96. The molecule has 4 rings (SSSR count). The number of hydrogen-bond donors (Lipinski definition) is 1. The molecule has 1 heterocycles. The zero-order valence-corrected chi connectivity index (χ0v) is 20.0. The van der Waals surface area contributed by atoms with Crippen LogP contribution in [-0.2, 0) is 12.4 Å². The van der Waals surface area contributed by atoms with Gasteiger partial charge in [0, 0.05) is 16.8 Å². The average Bonchev–Trinajstić information content (AvgIpc) is 3.27. The third-order valence-corrected chi connectivity index (χ3v) is 5.39. The molecule has 0 aliphatic carbocycles. The molecule has 0 aliphatic heterocycles. The SMILES string of the molecule is CCOc1nc(-c2ccc(C)cc2)n(-c2ccc(NC(=O)c3cc(C(F)(F)F)cc(C(F)(F)F)c3)cc2)n1. The summed E-state index contributed by atoms with van der Waals surface area (Å²) in [4.78, 5) is 17.0. The van der Waals surface area contributed by atoms with Gasteiger partial charge in [-0.3, -0.25) is 4.79 Å². The van der Waals surface area contributed by atoms with Gasteiger partial charge in [-0.25, -0.2) is 4.68 Å². The van der Waals surface area contributed by atoms with E-state index in [1.54, 1.807) is 19.1 Å². The number of halogens is 6. The fourth-order valence-electron chi connectivity index (χ4n) is 3.53. The molecule has 0 bridgehead atoms. The highest BCUT2D eigenvalue weighted by molar-refractivity contribution is 6.04. The summed E-state index contributed by atoms with van der Waals surface area (Å²) in [6, 6.07) is 14.4. The van der Waals surface area contributed by atoms with Crippen LogP contribution >= 0.6 is 0 Å². The molecule has 3 aromatic carbocycles. The van der Waals surface area contributed by atoms with Crippen LogP contribution < -0.4 is 10.1 Å². The molecule has 0 radical (unpaired) electrons. The standard InChI is InChI=1S/C26H20F6N4O2/c1-3-38-24-34-22(16-6-4-15(2)5-7-16)36(35-24)21-10-8-20(9-11-21)33-23(37)17-12-18(25(27,28)29)14-19(13-17)26(30,31)32/h4-14H,3H2,1-2H3,(H,33,37). The molecule has 0 unspecified atom stereocenters. The second-order valence-electron chi connectivity index (χ2n) is 8.22. The van der Waals surface area contributed by atoms with E-state index in [9.17, 15) is 31.1 Å². The number of hydrogen-bond acceptors (Lipinski definition) is 4. The Kier molecular flexibility index (Phi) is 7.16. The highest BCUT2D eigenvalue weighted by Gasteiger charge is 2.37. The van der Waals surface area contributed by atoms with Gasteiger partial charge in [-0.1, -0.05) is 29.8 Å². The lowest BCUT2D eigenvalue weighted by atomic mass is 10.0. The van der Waals surface area contributed by atoms with Crippen molar-refractivity contribution in [3.05, 3.63) is 89.0 Å². The first-order valence-corrected chi connectivity index (χ1v) is 11.2. The molecule has 6 nitrogen and oxygen atoms in total. The van der Waals surface area contributed by atoms with Crippen molar-refractivity contribution in [1.29, 1.82) is 0 Å². The van der Waals surface area contributed by atoms with E-state index >= 15 is 0 Å². The van der Waals surface area contributed by atoms with Gasteiger partial charge in [0.15, 0.2) is 5.82 Å². The number of aromatic nitrogens is 3. The van der Waals surface area contributed by atoms with Crippen molar-refractivity contribution in [1.82, 2.24) is 14.8 Å². The normalized spacial score (nSPS) is 11.9. The lowest BCUT2D eigenvalue weighted by Crippen LogP contribution is -2.17. The number of alkyl halides is 6. The van der Waals surface area contributed by atoms with Gasteiger partial charge < -0.3 is 10.1 Å². The Bertz CT molecular complexity index is 1410. The molecule has 0 saturated heterocycles. The van der Waals surface area contributed by atoms with Gasteiger partial charge in [-0.15, -0.1) is 5.10 Å². The molecule has 0 saturated carbocycles. The van der Waals surface area contributed by atoms with Crippen LogP contribution in [-0.4, -0.2) is 27.3 Å². The van der Waals surface area contributed by atoms with Crippen molar-refractivity contribution in [2.24, 2.45) is 0 Å². The maximum Gasteiger partial charge on any atom is 0.416 e. The first-order valence-electron chi connectivity index (χ1n) is 11.2. The third-order valence-electron chi connectivity index (χ3n) is 5.39. The summed E-state index contributed by atoms with van der Waals surface area (Å²) in [6.07, 6.45) is -10.1. The number of carbonyl (C=O) groups excluding carboxylic acids is 1. The fraction of sp³-hybridized carbons (Fsp3) is 0.192. The van der Waals surface area contributed by atoms with Crippen LogP contribution in [0.3, 0.4) is 0 Å². The van der Waals surface area contributed by atoms with E-state index in [0.717, 1.165) is 11.1 Å². The molecule has 1 N–H and O–H groups in total. The van der Waals surface area contributed by atoms with Gasteiger partial charge in [0.05, 0.1) is 23.4 Å². The highest BCUT2D eigenvalue weighted by Crippen LogP contribution is 2.36. The molecule has 0 spiro atoms. The summed E-state index contributed by atoms with van der Waals surface area (Å²) in [5.74, 6) is -0.650. The number of amides is 1. The summed E-state index contributed by atoms with van der Waals surface area (Å²) >= 11 is 0. The first-order chi connectivity index (χ1) is 17.8. The van der Waals surface area contributed by atoms with E-state index < -0.39 is 35.0 Å². The lowest BCUT2D eigenvalue weighted by molar-refractivity contribution is -0.143. The van der Waals surface area contributed by atoms with Gasteiger partial charge in [0.1, 0.15) is 0 Å². The minimum Gasteiger partial charge on any atom is -0.463 e. The quantitative estimate of drug-likeness (QED) is 0.273. The Morgan fingerprint density at radius 2 is 1.47 bits per heavy atom. The predicted molar refractivity (Wildman–Crippen MR) is 127 cm³/mol. The van der Waals surface area contributed by atoms with E-state index in [4.69, 9.17) is 4.74 Å². The van der Waals surface area contributed by atoms with Gasteiger partial charge >= 0.3 is 18.4 Å². The molecular weight excluding hydrogens is 514 g/mol. The smallest absolute Gasteiger partial charge is 0.416 e. The number of anilines is 1. The van der Waals surface area contributed by atoms with E-state index in [-0.39, 0.29) is 17.8 Å². The van der Waals surface area contributed by atoms with Crippen LogP contribution in [0.4, 0.5) is 32.0 Å². The van der Waals surface area contributed by atoms with E-state index in [1.807, 2.05) is 31.2 Å². The zero-order valence-electron chi connectivity index (χ0n) is 20.0. The zero-order chi connectivity index (χ0) is 27.7. The molecule has 12 heteroatoms. The van der Waals surface area contributed by atoms with Gasteiger partial charge in [0.25, 0.3) is 5.91 Å². The molecule has 0 aliphatic rings.